The maximum Gasteiger partial charge on any atom is 0.264 e. The molecule has 0 fully saturated rings. The van der Waals surface area contributed by atoms with Crippen molar-refractivity contribution in [3.63, 3.8) is 0 Å². The third-order valence-corrected chi connectivity index (χ3v) is 8.50. The van der Waals surface area contributed by atoms with Crippen LogP contribution in [0.4, 0.5) is 5.69 Å². The van der Waals surface area contributed by atoms with Crippen LogP contribution in [0.3, 0.4) is 0 Å². The fourth-order valence-corrected chi connectivity index (χ4v) is 5.82. The molecule has 0 aliphatic carbocycles. The van der Waals surface area contributed by atoms with Crippen LogP contribution < -0.4 is 9.62 Å². The molecule has 0 bridgehead atoms. The monoisotopic (exact) mass is 549 g/mol. The van der Waals surface area contributed by atoms with Gasteiger partial charge in [0.15, 0.2) is 0 Å². The maximum atomic E-state index is 14.0. The van der Waals surface area contributed by atoms with Crippen LogP contribution in [0.25, 0.3) is 0 Å². The number of carbonyl (C=O) groups excluding carboxylic acids is 2. The summed E-state index contributed by atoms with van der Waals surface area (Å²) in [4.78, 5) is 28.7. The van der Waals surface area contributed by atoms with E-state index < -0.39 is 28.5 Å². The van der Waals surface area contributed by atoms with Crippen molar-refractivity contribution in [3.8, 4) is 0 Å². The number of amides is 2. The van der Waals surface area contributed by atoms with Crippen LogP contribution in [0.1, 0.15) is 49.4 Å². The van der Waals surface area contributed by atoms with E-state index in [1.54, 1.807) is 37.3 Å². The Balaban J connectivity index is 2.05. The van der Waals surface area contributed by atoms with E-state index in [0.717, 1.165) is 33.0 Å². The van der Waals surface area contributed by atoms with Crippen LogP contribution in [0.2, 0.25) is 0 Å². The van der Waals surface area contributed by atoms with Gasteiger partial charge in [0.1, 0.15) is 12.6 Å². The Labute approximate surface area is 232 Å². The summed E-state index contributed by atoms with van der Waals surface area (Å²) >= 11 is 0. The molecule has 8 heteroatoms. The first kappa shape index (κ1) is 29.9. The number of benzene rings is 3. The van der Waals surface area contributed by atoms with E-state index in [-0.39, 0.29) is 23.4 Å². The molecule has 0 aliphatic rings. The summed E-state index contributed by atoms with van der Waals surface area (Å²) in [5, 5.41) is 2.95. The summed E-state index contributed by atoms with van der Waals surface area (Å²) < 4.78 is 28.9. The molecule has 1 N–H and O–H groups in total. The largest absolute Gasteiger partial charge is 0.352 e. The second-order valence-corrected chi connectivity index (χ2v) is 12.0. The molecule has 3 rings (SSSR count). The van der Waals surface area contributed by atoms with Crippen molar-refractivity contribution in [1.82, 2.24) is 10.2 Å². The number of nitrogens with one attached hydrogen (secondary N) is 1. The Kier molecular flexibility index (Phi) is 9.92. The van der Waals surface area contributed by atoms with Crippen LogP contribution in [-0.2, 0) is 26.2 Å². The number of anilines is 1. The van der Waals surface area contributed by atoms with Gasteiger partial charge in [-0.05, 0) is 82.0 Å². The average Bonchev–Trinajstić information content (AvgIpc) is 2.89. The standard InChI is InChI=1S/C31H39N3O4S/c1-7-25(5)32-31(36)26(6)33(20-27-13-11-12-22(2)17-27)30(35)21-34(28-18-23(3)16-24(4)19-28)39(37,38)29-14-9-8-10-15-29/h8-19,25-26H,7,20-21H2,1-6H3,(H,32,36)/t25-,26-/m1/s1. The van der Waals surface area contributed by atoms with Gasteiger partial charge in [-0.2, -0.15) is 0 Å². The lowest BCUT2D eigenvalue weighted by Gasteiger charge is -2.32. The van der Waals surface area contributed by atoms with Crippen molar-refractivity contribution in [3.05, 3.63) is 95.1 Å². The van der Waals surface area contributed by atoms with Gasteiger partial charge >= 0.3 is 0 Å². The zero-order valence-corrected chi connectivity index (χ0v) is 24.5. The minimum atomic E-state index is -4.08. The van der Waals surface area contributed by atoms with Crippen LogP contribution in [-0.4, -0.2) is 43.8 Å². The lowest BCUT2D eigenvalue weighted by molar-refractivity contribution is -0.139. The number of hydrogen-bond donors (Lipinski definition) is 1. The number of nitrogens with zero attached hydrogens (tertiary/aromatic N) is 2. The number of sulfonamides is 1. The van der Waals surface area contributed by atoms with E-state index in [9.17, 15) is 18.0 Å². The molecule has 2 atom stereocenters. The quantitative estimate of drug-likeness (QED) is 0.359. The van der Waals surface area contributed by atoms with E-state index in [1.165, 1.54) is 17.0 Å². The summed E-state index contributed by atoms with van der Waals surface area (Å²) in [5.74, 6) is -0.754. The predicted molar refractivity (Wildman–Crippen MR) is 156 cm³/mol. The van der Waals surface area contributed by atoms with Crippen LogP contribution in [0.5, 0.6) is 0 Å². The Bertz CT molecular complexity index is 1390. The molecule has 208 valence electrons. The zero-order valence-electron chi connectivity index (χ0n) is 23.6. The van der Waals surface area contributed by atoms with Crippen molar-refractivity contribution in [2.24, 2.45) is 0 Å². The SMILES string of the molecule is CC[C@@H](C)NC(=O)[C@@H](C)N(Cc1cccc(C)c1)C(=O)CN(c1cc(C)cc(C)c1)S(=O)(=O)c1ccccc1. The van der Waals surface area contributed by atoms with Crippen molar-refractivity contribution in [1.29, 1.82) is 0 Å². The first-order valence-corrected chi connectivity index (χ1v) is 14.7. The number of carbonyl (C=O) groups is 2. The highest BCUT2D eigenvalue weighted by molar-refractivity contribution is 7.92. The fourth-order valence-electron chi connectivity index (χ4n) is 4.40. The van der Waals surface area contributed by atoms with Crippen LogP contribution in [0.15, 0.2) is 77.7 Å². The van der Waals surface area contributed by atoms with Gasteiger partial charge < -0.3 is 10.2 Å². The molecule has 39 heavy (non-hydrogen) atoms. The van der Waals surface area contributed by atoms with Crippen molar-refractivity contribution in [2.45, 2.75) is 71.5 Å². The summed E-state index contributed by atoms with van der Waals surface area (Å²) in [6, 6.07) is 20.4. The fraction of sp³-hybridized carbons (Fsp3) is 0.355. The molecule has 2 amide bonds. The highest BCUT2D eigenvalue weighted by Crippen LogP contribution is 2.26. The minimum Gasteiger partial charge on any atom is -0.352 e. The Morgan fingerprint density at radius 3 is 2.08 bits per heavy atom. The third kappa shape index (κ3) is 7.69. The molecule has 0 saturated heterocycles. The molecule has 7 nitrogen and oxygen atoms in total. The molecular formula is C31H39N3O4S. The molecule has 0 heterocycles. The summed E-state index contributed by atoms with van der Waals surface area (Å²) in [6.45, 7) is 11.0. The van der Waals surface area contributed by atoms with E-state index in [2.05, 4.69) is 5.32 Å². The molecule has 0 aliphatic heterocycles. The number of aryl methyl sites for hydroxylation is 3. The normalized spacial score (nSPS) is 12.9. The van der Waals surface area contributed by atoms with Gasteiger partial charge in [0.05, 0.1) is 10.6 Å². The van der Waals surface area contributed by atoms with E-state index >= 15 is 0 Å². The highest BCUT2D eigenvalue weighted by atomic mass is 32.2. The molecular weight excluding hydrogens is 510 g/mol. The lowest BCUT2D eigenvalue weighted by Crippen LogP contribution is -2.52. The predicted octanol–water partition coefficient (Wildman–Crippen LogP) is 5.14. The zero-order chi connectivity index (χ0) is 28.7. The maximum absolute atomic E-state index is 14.0. The second-order valence-electron chi connectivity index (χ2n) is 10.2. The van der Waals surface area contributed by atoms with Gasteiger partial charge in [0, 0.05) is 12.6 Å². The Morgan fingerprint density at radius 2 is 1.49 bits per heavy atom. The smallest absolute Gasteiger partial charge is 0.264 e. The van der Waals surface area contributed by atoms with Gasteiger partial charge in [0.25, 0.3) is 10.0 Å². The van der Waals surface area contributed by atoms with Gasteiger partial charge in [-0.25, -0.2) is 8.42 Å². The summed E-state index contributed by atoms with van der Waals surface area (Å²) in [6.07, 6.45) is 0.750. The summed E-state index contributed by atoms with van der Waals surface area (Å²) in [5.41, 5.74) is 4.04. The van der Waals surface area contributed by atoms with E-state index in [0.29, 0.717) is 5.69 Å². The number of hydrogen-bond acceptors (Lipinski definition) is 4. The van der Waals surface area contributed by atoms with E-state index in [4.69, 9.17) is 0 Å². The molecule has 0 radical (unpaired) electrons. The van der Waals surface area contributed by atoms with Gasteiger partial charge in [-0.3, -0.25) is 13.9 Å². The van der Waals surface area contributed by atoms with Crippen molar-refractivity contribution < 1.29 is 18.0 Å². The van der Waals surface area contributed by atoms with Crippen molar-refractivity contribution >= 4 is 27.5 Å². The molecule has 3 aromatic carbocycles. The highest BCUT2D eigenvalue weighted by Gasteiger charge is 2.33. The minimum absolute atomic E-state index is 0.0545. The lowest BCUT2D eigenvalue weighted by atomic mass is 10.1. The first-order valence-electron chi connectivity index (χ1n) is 13.2. The van der Waals surface area contributed by atoms with Crippen molar-refractivity contribution in [2.75, 3.05) is 10.8 Å². The topological polar surface area (TPSA) is 86.8 Å². The van der Waals surface area contributed by atoms with Crippen LogP contribution >= 0.6 is 0 Å². The van der Waals surface area contributed by atoms with Gasteiger partial charge in [-0.1, -0.05) is 61.0 Å². The number of rotatable bonds is 11. The summed E-state index contributed by atoms with van der Waals surface area (Å²) in [7, 11) is -4.08. The molecule has 0 spiro atoms. The van der Waals surface area contributed by atoms with Crippen LogP contribution in [0, 0.1) is 20.8 Å². The second kappa shape index (κ2) is 12.9. The molecule has 0 aromatic heterocycles. The Hall–Kier alpha value is -3.65. The first-order chi connectivity index (χ1) is 18.4. The molecule has 0 unspecified atom stereocenters. The van der Waals surface area contributed by atoms with Gasteiger partial charge in [0.2, 0.25) is 11.8 Å². The molecule has 0 saturated carbocycles. The van der Waals surface area contributed by atoms with Gasteiger partial charge in [-0.15, -0.1) is 0 Å². The Morgan fingerprint density at radius 1 is 0.846 bits per heavy atom. The van der Waals surface area contributed by atoms with E-state index in [1.807, 2.05) is 65.0 Å². The molecule has 3 aromatic rings. The third-order valence-electron chi connectivity index (χ3n) is 6.71. The average molecular weight is 550 g/mol.